The second-order valence-corrected chi connectivity index (χ2v) is 9.26. The number of carbonyl (C=O) groups excluding carboxylic acids is 2. The normalized spacial score (nSPS) is 16.9. The first-order chi connectivity index (χ1) is 17.6. The second kappa shape index (κ2) is 9.56. The number of amides is 2. The van der Waals surface area contributed by atoms with Gasteiger partial charge in [-0.25, -0.2) is 4.98 Å². The minimum atomic E-state index is -3.84. The lowest BCUT2D eigenvalue weighted by atomic mass is 9.98. The number of aliphatic hydroxyl groups is 1. The van der Waals surface area contributed by atoms with E-state index < -0.39 is 11.5 Å². The quantitative estimate of drug-likeness (QED) is 0.449. The number of pyridine rings is 2. The topological polar surface area (TPSA) is 108 Å². The van der Waals surface area contributed by atoms with Gasteiger partial charge in [0.2, 0.25) is 0 Å². The van der Waals surface area contributed by atoms with Crippen molar-refractivity contribution >= 4 is 34.9 Å². The number of ether oxygens (including phenoxy) is 1. The van der Waals surface area contributed by atoms with Gasteiger partial charge >= 0.3 is 5.57 Å². The predicted molar refractivity (Wildman–Crippen MR) is 132 cm³/mol. The molecule has 1 unspecified atom stereocenters. The Balaban J connectivity index is 1.45. The van der Waals surface area contributed by atoms with Crippen molar-refractivity contribution in [1.29, 1.82) is 0 Å². The van der Waals surface area contributed by atoms with Gasteiger partial charge in [0.25, 0.3) is 11.8 Å². The van der Waals surface area contributed by atoms with Crippen molar-refractivity contribution in [3.05, 3.63) is 65.6 Å². The summed E-state index contributed by atoms with van der Waals surface area (Å²) in [4.78, 5) is 38.1. The largest absolute Gasteiger partial charge is 0.487 e. The molecule has 4 heterocycles. The van der Waals surface area contributed by atoms with Crippen LogP contribution < -0.4 is 15.0 Å². The Bertz CT molecular complexity index is 1360. The molecule has 1 atom stereocenters. The number of nitrogens with one attached hydrogen (secondary N) is 1. The Morgan fingerprint density at radius 2 is 1.97 bits per heavy atom. The smallest absolute Gasteiger partial charge is 0.420 e. The first kappa shape index (κ1) is 24.8. The van der Waals surface area contributed by atoms with Crippen molar-refractivity contribution in [2.45, 2.75) is 24.6 Å². The highest BCUT2D eigenvalue weighted by atomic mass is 35.5. The van der Waals surface area contributed by atoms with E-state index in [4.69, 9.17) is 11.6 Å². The molecule has 0 radical (unpaired) electrons. The molecule has 12 heteroatoms. The number of fused-ring (bicyclic) bond motifs is 1. The Hall–Kier alpha value is -3.83. The van der Waals surface area contributed by atoms with Gasteiger partial charge in [-0.1, -0.05) is 0 Å². The van der Waals surface area contributed by atoms with Crippen LogP contribution in [0.1, 0.15) is 32.8 Å². The monoisotopic (exact) mass is 529 g/mol. The van der Waals surface area contributed by atoms with Crippen LogP contribution in [-0.4, -0.2) is 63.6 Å². The number of benzene rings is 1. The zero-order valence-electron chi connectivity index (χ0n) is 19.6. The highest BCUT2D eigenvalue weighted by molar-refractivity contribution is 6.20. The summed E-state index contributed by atoms with van der Waals surface area (Å²) in [5.74, 6) is -0.206. The fourth-order valence-corrected chi connectivity index (χ4v) is 4.42. The minimum absolute atomic E-state index is 0.0373. The molecule has 192 valence electrons. The molecule has 0 spiro atoms. The zero-order chi connectivity index (χ0) is 26.3. The van der Waals surface area contributed by atoms with Crippen molar-refractivity contribution in [3.8, 4) is 16.9 Å². The van der Waals surface area contributed by atoms with Gasteiger partial charge in [-0.05, 0) is 42.8 Å². The molecule has 2 amide bonds. The van der Waals surface area contributed by atoms with E-state index in [9.17, 15) is 23.5 Å². The first-order valence-corrected chi connectivity index (χ1v) is 11.8. The van der Waals surface area contributed by atoms with Gasteiger partial charge < -0.3 is 25.0 Å². The lowest BCUT2D eigenvalue weighted by Crippen LogP contribution is -2.50. The molecule has 9 nitrogen and oxygen atoms in total. The van der Waals surface area contributed by atoms with Crippen LogP contribution in [0.5, 0.6) is 5.75 Å². The lowest BCUT2D eigenvalue weighted by Gasteiger charge is -2.41. The summed E-state index contributed by atoms with van der Waals surface area (Å²) in [6, 6.07) is 8.61. The number of nitrogens with zero attached hydrogens (tertiary/aromatic N) is 4. The molecule has 5 rings (SSSR count). The lowest BCUT2D eigenvalue weighted by molar-refractivity contribution is -0.0964. The molecule has 2 aliphatic heterocycles. The van der Waals surface area contributed by atoms with E-state index in [-0.39, 0.29) is 29.9 Å². The average Bonchev–Trinajstić information content (AvgIpc) is 3.12. The summed E-state index contributed by atoms with van der Waals surface area (Å²) in [6.07, 6.45) is 3.87. The van der Waals surface area contributed by atoms with Gasteiger partial charge in [0.15, 0.2) is 0 Å². The fraction of sp³-hybridized carbons (Fsp3) is 0.280. The number of aliphatic hydroxyl groups excluding tert-OH is 1. The predicted octanol–water partition coefficient (Wildman–Crippen LogP) is 3.72. The van der Waals surface area contributed by atoms with Crippen LogP contribution in [0.4, 0.5) is 20.3 Å². The van der Waals surface area contributed by atoms with Crippen molar-refractivity contribution in [3.63, 3.8) is 0 Å². The van der Waals surface area contributed by atoms with Crippen molar-refractivity contribution in [2.75, 3.05) is 30.4 Å². The van der Waals surface area contributed by atoms with E-state index in [1.165, 1.54) is 30.5 Å². The van der Waals surface area contributed by atoms with Gasteiger partial charge in [-0.15, -0.1) is 8.78 Å². The van der Waals surface area contributed by atoms with E-state index >= 15 is 0 Å². The van der Waals surface area contributed by atoms with E-state index in [2.05, 4.69) is 20.0 Å². The Morgan fingerprint density at radius 1 is 1.22 bits per heavy atom. The summed E-state index contributed by atoms with van der Waals surface area (Å²) in [5.41, 5.74) is -0.882. The van der Waals surface area contributed by atoms with E-state index in [0.717, 1.165) is 6.42 Å². The number of rotatable bonds is 7. The minimum Gasteiger partial charge on any atom is -0.420 e. The Morgan fingerprint density at radius 3 is 2.62 bits per heavy atom. The molecule has 3 aromatic rings. The maximum absolute atomic E-state index is 13.0. The van der Waals surface area contributed by atoms with Crippen LogP contribution >= 0.6 is 11.6 Å². The number of aromatic nitrogens is 2. The second-order valence-electron chi connectivity index (χ2n) is 8.82. The summed E-state index contributed by atoms with van der Waals surface area (Å²) >= 11 is 4.78. The number of carbonyl (C=O) groups is 2. The van der Waals surface area contributed by atoms with Crippen molar-refractivity contribution in [1.82, 2.24) is 14.9 Å². The van der Waals surface area contributed by atoms with Crippen LogP contribution in [0.15, 0.2) is 48.8 Å². The third-order valence-corrected chi connectivity index (χ3v) is 6.42. The third kappa shape index (κ3) is 5.05. The molecule has 1 fully saturated rings. The molecule has 2 N–H and O–H groups in total. The summed E-state index contributed by atoms with van der Waals surface area (Å²) in [6.45, 7) is 1.07. The van der Waals surface area contributed by atoms with E-state index in [1.54, 1.807) is 30.3 Å². The standard InChI is InChI=1S/C25H22ClF2N5O4/c1-32-12-21-20(24(32)36)8-14(10-29-21)19-9-15(11-30-22(19)33-7-6-17(33)13-34)23(35)31-16-2-4-18(5-3-16)37-25(26,27)28/h2-5,8-11,17,34H,6-7,12-13H2,1H3,(H,31,35). The molecular formula is C25H22ClF2N5O4. The van der Waals surface area contributed by atoms with E-state index in [0.29, 0.717) is 47.0 Å². The maximum atomic E-state index is 13.0. The Labute approximate surface area is 215 Å². The molecule has 2 aromatic heterocycles. The van der Waals surface area contributed by atoms with Gasteiger partial charge in [0, 0.05) is 54.4 Å². The molecule has 0 aliphatic carbocycles. The molecule has 0 saturated carbocycles. The van der Waals surface area contributed by atoms with Crippen LogP contribution in [-0.2, 0) is 6.54 Å². The number of anilines is 2. The number of hydrogen-bond donors (Lipinski definition) is 2. The molecule has 1 aromatic carbocycles. The first-order valence-electron chi connectivity index (χ1n) is 11.4. The summed E-state index contributed by atoms with van der Waals surface area (Å²) < 4.78 is 29.9. The van der Waals surface area contributed by atoms with Crippen molar-refractivity contribution in [2.24, 2.45) is 0 Å². The van der Waals surface area contributed by atoms with Gasteiger partial charge in [-0.2, -0.15) is 0 Å². The Kier molecular flexibility index (Phi) is 6.42. The fourth-order valence-electron chi connectivity index (χ4n) is 4.33. The van der Waals surface area contributed by atoms with Gasteiger partial charge in [0.1, 0.15) is 11.6 Å². The van der Waals surface area contributed by atoms with Crippen LogP contribution in [0.2, 0.25) is 0 Å². The zero-order valence-corrected chi connectivity index (χ0v) is 20.4. The third-order valence-electron chi connectivity index (χ3n) is 6.35. The van der Waals surface area contributed by atoms with Crippen LogP contribution in [0.25, 0.3) is 11.1 Å². The summed E-state index contributed by atoms with van der Waals surface area (Å²) in [5, 5.41) is 12.4. The number of hydrogen-bond acceptors (Lipinski definition) is 7. The highest BCUT2D eigenvalue weighted by Crippen LogP contribution is 2.36. The number of alkyl halides is 3. The highest BCUT2D eigenvalue weighted by Gasteiger charge is 2.32. The molecular weight excluding hydrogens is 508 g/mol. The number of halogens is 3. The molecule has 2 aliphatic rings. The molecule has 0 bridgehead atoms. The molecule has 37 heavy (non-hydrogen) atoms. The average molecular weight is 530 g/mol. The van der Waals surface area contributed by atoms with Crippen LogP contribution in [0.3, 0.4) is 0 Å². The SMILES string of the molecule is CN1Cc2ncc(-c3cc(C(=O)Nc4ccc(OC(F)(F)Cl)cc4)cnc3N3CCC3CO)cc2C1=O. The van der Waals surface area contributed by atoms with Gasteiger partial charge in [-0.3, -0.25) is 14.6 Å². The maximum Gasteiger partial charge on any atom is 0.487 e. The molecule has 1 saturated heterocycles. The van der Waals surface area contributed by atoms with Gasteiger partial charge in [0.05, 0.1) is 36.0 Å². The van der Waals surface area contributed by atoms with E-state index in [1.807, 2.05) is 4.90 Å². The summed E-state index contributed by atoms with van der Waals surface area (Å²) in [7, 11) is 1.70. The van der Waals surface area contributed by atoms with Crippen molar-refractivity contribution < 1.29 is 28.2 Å². The van der Waals surface area contributed by atoms with Crippen LogP contribution in [0, 0.1) is 0 Å².